The Bertz CT molecular complexity index is 329. The van der Waals surface area contributed by atoms with Gasteiger partial charge in [-0.25, -0.2) is 0 Å². The van der Waals surface area contributed by atoms with E-state index >= 15 is 0 Å². The zero-order valence-corrected chi connectivity index (χ0v) is 8.07. The number of rotatable bonds is 1. The van der Waals surface area contributed by atoms with Gasteiger partial charge in [0, 0.05) is 16.3 Å². The predicted molar refractivity (Wildman–Crippen MR) is 55.3 cm³/mol. The molecule has 2 heteroatoms. The lowest BCUT2D eigenvalue weighted by Gasteiger charge is -2.08. The molecule has 1 rings (SSSR count). The third kappa shape index (κ3) is 1.62. The largest absolute Gasteiger partial charge is 0.398 e. The Morgan fingerprint density at radius 2 is 2.08 bits per heavy atom. The van der Waals surface area contributed by atoms with Gasteiger partial charge in [-0.3, -0.25) is 0 Å². The number of allylic oxidation sites excluding steroid dienone is 1. The van der Waals surface area contributed by atoms with Gasteiger partial charge in [0.2, 0.25) is 0 Å². The van der Waals surface area contributed by atoms with Crippen molar-refractivity contribution in [1.29, 1.82) is 0 Å². The fraction of sp³-hybridized carbons (Fsp3) is 0.200. The maximum atomic E-state index is 5.87. The molecule has 0 unspecified atom stereocenters. The summed E-state index contributed by atoms with van der Waals surface area (Å²) in [6.45, 7) is 7.69. The molecule has 12 heavy (non-hydrogen) atoms. The molecule has 0 saturated heterocycles. The first-order valence-corrected chi connectivity index (χ1v) is 4.11. The minimum absolute atomic E-state index is 0.708. The highest BCUT2D eigenvalue weighted by Gasteiger charge is 2.03. The Morgan fingerprint density at radius 1 is 1.50 bits per heavy atom. The van der Waals surface area contributed by atoms with E-state index in [2.05, 4.69) is 6.58 Å². The standard InChI is InChI=1S/C10H12ClN/c1-6(2)9-5-8(11)4-7(3)10(9)12/h4-5H,1,12H2,2-3H3. The molecular formula is C10H12ClN. The van der Waals surface area contributed by atoms with Gasteiger partial charge < -0.3 is 5.73 Å². The van der Waals surface area contributed by atoms with Crippen LogP contribution in [0.15, 0.2) is 18.7 Å². The van der Waals surface area contributed by atoms with E-state index < -0.39 is 0 Å². The van der Waals surface area contributed by atoms with Crippen LogP contribution < -0.4 is 5.73 Å². The molecule has 0 bridgehead atoms. The van der Waals surface area contributed by atoms with E-state index in [0.29, 0.717) is 5.02 Å². The van der Waals surface area contributed by atoms with Crippen molar-refractivity contribution in [3.05, 3.63) is 34.9 Å². The Hall–Kier alpha value is -0.950. The average molecular weight is 182 g/mol. The summed E-state index contributed by atoms with van der Waals surface area (Å²) in [5.74, 6) is 0. The molecule has 0 aliphatic carbocycles. The summed E-state index contributed by atoms with van der Waals surface area (Å²) in [5, 5.41) is 0.708. The van der Waals surface area contributed by atoms with E-state index in [4.69, 9.17) is 17.3 Å². The molecule has 0 aliphatic rings. The molecular weight excluding hydrogens is 170 g/mol. The van der Waals surface area contributed by atoms with Crippen molar-refractivity contribution < 1.29 is 0 Å². The fourth-order valence-corrected chi connectivity index (χ4v) is 1.38. The number of hydrogen-bond acceptors (Lipinski definition) is 1. The molecule has 1 aromatic rings. The highest BCUT2D eigenvalue weighted by Crippen LogP contribution is 2.27. The molecule has 0 fully saturated rings. The fourth-order valence-electron chi connectivity index (χ4n) is 1.11. The SMILES string of the molecule is C=C(C)c1cc(Cl)cc(C)c1N. The summed E-state index contributed by atoms with van der Waals surface area (Å²) >= 11 is 5.87. The maximum Gasteiger partial charge on any atom is 0.0420 e. The van der Waals surface area contributed by atoms with Gasteiger partial charge in [0.15, 0.2) is 0 Å². The van der Waals surface area contributed by atoms with Crippen LogP contribution in [0.1, 0.15) is 18.1 Å². The van der Waals surface area contributed by atoms with Gasteiger partial charge in [0.05, 0.1) is 0 Å². The van der Waals surface area contributed by atoms with Crippen molar-refractivity contribution in [2.75, 3.05) is 5.73 Å². The van der Waals surface area contributed by atoms with Crippen molar-refractivity contribution in [3.63, 3.8) is 0 Å². The number of nitrogen functional groups attached to an aromatic ring is 1. The van der Waals surface area contributed by atoms with Crippen molar-refractivity contribution in [2.45, 2.75) is 13.8 Å². The highest BCUT2D eigenvalue weighted by molar-refractivity contribution is 6.31. The summed E-state index contributed by atoms with van der Waals surface area (Å²) in [7, 11) is 0. The monoisotopic (exact) mass is 181 g/mol. The Morgan fingerprint density at radius 3 is 2.58 bits per heavy atom. The second kappa shape index (κ2) is 3.20. The number of benzene rings is 1. The molecule has 2 N–H and O–H groups in total. The first-order chi connectivity index (χ1) is 5.52. The zero-order valence-electron chi connectivity index (χ0n) is 7.32. The number of hydrogen-bond donors (Lipinski definition) is 1. The average Bonchev–Trinajstić information content (AvgIpc) is 1.96. The summed E-state index contributed by atoms with van der Waals surface area (Å²) in [6, 6.07) is 3.69. The molecule has 0 radical (unpaired) electrons. The minimum Gasteiger partial charge on any atom is -0.398 e. The second-order valence-corrected chi connectivity index (χ2v) is 3.40. The van der Waals surface area contributed by atoms with Crippen LogP contribution in [0.25, 0.3) is 5.57 Å². The number of aryl methyl sites for hydroxylation is 1. The van der Waals surface area contributed by atoms with Gasteiger partial charge in [-0.05, 0) is 37.1 Å². The van der Waals surface area contributed by atoms with E-state index in [0.717, 1.165) is 22.4 Å². The van der Waals surface area contributed by atoms with Crippen LogP contribution >= 0.6 is 11.6 Å². The molecule has 0 amide bonds. The normalized spacial score (nSPS) is 9.92. The Labute approximate surface area is 77.8 Å². The molecule has 0 heterocycles. The molecule has 0 saturated carbocycles. The van der Waals surface area contributed by atoms with Crippen molar-refractivity contribution in [3.8, 4) is 0 Å². The summed E-state index contributed by atoms with van der Waals surface area (Å²) < 4.78 is 0. The maximum absolute atomic E-state index is 5.87. The lowest BCUT2D eigenvalue weighted by molar-refractivity contribution is 1.44. The van der Waals surface area contributed by atoms with Crippen LogP contribution in [0.4, 0.5) is 5.69 Å². The van der Waals surface area contributed by atoms with E-state index in [-0.39, 0.29) is 0 Å². The number of nitrogens with two attached hydrogens (primary N) is 1. The third-order valence-electron chi connectivity index (χ3n) is 1.81. The first kappa shape index (κ1) is 9.14. The topological polar surface area (TPSA) is 26.0 Å². The van der Waals surface area contributed by atoms with E-state index in [9.17, 15) is 0 Å². The van der Waals surface area contributed by atoms with Crippen LogP contribution in [-0.4, -0.2) is 0 Å². The van der Waals surface area contributed by atoms with Crippen LogP contribution in [0.3, 0.4) is 0 Å². The molecule has 64 valence electrons. The molecule has 0 aromatic heterocycles. The molecule has 1 nitrogen and oxygen atoms in total. The van der Waals surface area contributed by atoms with Gasteiger partial charge in [0.25, 0.3) is 0 Å². The molecule has 0 atom stereocenters. The zero-order chi connectivity index (χ0) is 9.30. The molecule has 1 aromatic carbocycles. The van der Waals surface area contributed by atoms with Crippen molar-refractivity contribution in [2.24, 2.45) is 0 Å². The van der Waals surface area contributed by atoms with Crippen LogP contribution in [0.2, 0.25) is 5.02 Å². The third-order valence-corrected chi connectivity index (χ3v) is 2.03. The smallest absolute Gasteiger partial charge is 0.0420 e. The predicted octanol–water partition coefficient (Wildman–Crippen LogP) is 3.26. The summed E-state index contributed by atoms with van der Waals surface area (Å²) in [5.41, 5.74) is 9.49. The summed E-state index contributed by atoms with van der Waals surface area (Å²) in [6.07, 6.45) is 0. The molecule has 0 aliphatic heterocycles. The number of anilines is 1. The lowest BCUT2D eigenvalue weighted by atomic mass is 10.0. The highest BCUT2D eigenvalue weighted by atomic mass is 35.5. The van der Waals surface area contributed by atoms with E-state index in [1.54, 1.807) is 0 Å². The Kier molecular flexibility index (Phi) is 2.43. The van der Waals surface area contributed by atoms with E-state index in [1.807, 2.05) is 26.0 Å². The van der Waals surface area contributed by atoms with Crippen LogP contribution in [0, 0.1) is 6.92 Å². The van der Waals surface area contributed by atoms with Crippen molar-refractivity contribution >= 4 is 22.9 Å². The van der Waals surface area contributed by atoms with Crippen LogP contribution in [-0.2, 0) is 0 Å². The Balaban J connectivity index is 3.37. The van der Waals surface area contributed by atoms with Gasteiger partial charge in [-0.2, -0.15) is 0 Å². The number of halogens is 1. The van der Waals surface area contributed by atoms with Gasteiger partial charge in [0.1, 0.15) is 0 Å². The van der Waals surface area contributed by atoms with Gasteiger partial charge >= 0.3 is 0 Å². The van der Waals surface area contributed by atoms with Crippen LogP contribution in [0.5, 0.6) is 0 Å². The van der Waals surface area contributed by atoms with Crippen molar-refractivity contribution in [1.82, 2.24) is 0 Å². The summed E-state index contributed by atoms with van der Waals surface area (Å²) in [4.78, 5) is 0. The quantitative estimate of drug-likeness (QED) is 0.662. The van der Waals surface area contributed by atoms with Gasteiger partial charge in [-0.15, -0.1) is 0 Å². The van der Waals surface area contributed by atoms with E-state index in [1.165, 1.54) is 0 Å². The second-order valence-electron chi connectivity index (χ2n) is 2.96. The minimum atomic E-state index is 0.708. The first-order valence-electron chi connectivity index (χ1n) is 3.74. The lowest BCUT2D eigenvalue weighted by Crippen LogP contribution is -1.95. The molecule has 0 spiro atoms. The van der Waals surface area contributed by atoms with Gasteiger partial charge in [-0.1, -0.05) is 18.2 Å².